The van der Waals surface area contributed by atoms with Crippen molar-refractivity contribution in [2.45, 2.75) is 33.7 Å². The molecule has 0 radical (unpaired) electrons. The Morgan fingerprint density at radius 3 is 2.50 bits per heavy atom. The van der Waals surface area contributed by atoms with E-state index >= 15 is 0 Å². The van der Waals surface area contributed by atoms with Crippen molar-refractivity contribution in [3.05, 3.63) is 29.3 Å². The van der Waals surface area contributed by atoms with Crippen molar-refractivity contribution in [1.82, 2.24) is 5.32 Å². The average Bonchev–Trinajstić information content (AvgIpc) is 2.39. The molecule has 0 heterocycles. The zero-order valence-electron chi connectivity index (χ0n) is 12.4. The van der Waals surface area contributed by atoms with Gasteiger partial charge in [0.2, 0.25) is 0 Å². The van der Waals surface area contributed by atoms with Crippen LogP contribution < -0.4 is 11.1 Å². The van der Waals surface area contributed by atoms with E-state index in [1.807, 2.05) is 27.7 Å². The molecule has 1 amide bonds. The topological polar surface area (TPSA) is 81.4 Å². The molecule has 0 aliphatic rings. The SMILES string of the molecule is Cc1cc(C(=O)OCC(=O)NC(C)C(C)C)ccc1N. The minimum Gasteiger partial charge on any atom is -0.452 e. The molecule has 1 atom stereocenters. The summed E-state index contributed by atoms with van der Waals surface area (Å²) in [5.74, 6) is -0.499. The monoisotopic (exact) mass is 278 g/mol. The summed E-state index contributed by atoms with van der Waals surface area (Å²) in [5.41, 5.74) is 7.49. The number of benzene rings is 1. The van der Waals surface area contributed by atoms with Crippen LogP contribution in [-0.4, -0.2) is 24.5 Å². The lowest BCUT2D eigenvalue weighted by molar-refractivity contribution is -0.125. The fraction of sp³-hybridized carbons (Fsp3) is 0.467. The fourth-order valence-corrected chi connectivity index (χ4v) is 1.48. The number of aryl methyl sites for hydroxylation is 1. The largest absolute Gasteiger partial charge is 0.452 e. The van der Waals surface area contributed by atoms with Crippen molar-refractivity contribution >= 4 is 17.6 Å². The second kappa shape index (κ2) is 6.93. The number of rotatable bonds is 5. The Labute approximate surface area is 119 Å². The molecule has 0 aliphatic carbocycles. The predicted molar refractivity (Wildman–Crippen MR) is 78.3 cm³/mol. The molecule has 0 fully saturated rings. The van der Waals surface area contributed by atoms with E-state index in [0.29, 0.717) is 17.2 Å². The molecule has 0 aromatic heterocycles. The second-order valence-electron chi connectivity index (χ2n) is 5.25. The van der Waals surface area contributed by atoms with Gasteiger partial charge in [-0.2, -0.15) is 0 Å². The quantitative estimate of drug-likeness (QED) is 0.636. The standard InChI is InChI=1S/C15H22N2O3/c1-9(2)11(4)17-14(18)8-20-15(19)12-5-6-13(16)10(3)7-12/h5-7,9,11H,8,16H2,1-4H3,(H,17,18). The van der Waals surface area contributed by atoms with Crippen molar-refractivity contribution in [2.75, 3.05) is 12.3 Å². The molecule has 1 aromatic carbocycles. The smallest absolute Gasteiger partial charge is 0.338 e. The fourth-order valence-electron chi connectivity index (χ4n) is 1.48. The third kappa shape index (κ3) is 4.57. The second-order valence-corrected chi connectivity index (χ2v) is 5.25. The zero-order valence-corrected chi connectivity index (χ0v) is 12.4. The van der Waals surface area contributed by atoms with Gasteiger partial charge in [0.15, 0.2) is 6.61 Å². The van der Waals surface area contributed by atoms with Crippen LogP contribution in [0.15, 0.2) is 18.2 Å². The van der Waals surface area contributed by atoms with Gasteiger partial charge in [-0.25, -0.2) is 4.79 Å². The van der Waals surface area contributed by atoms with Crippen molar-refractivity contribution < 1.29 is 14.3 Å². The highest BCUT2D eigenvalue weighted by Crippen LogP contribution is 2.13. The summed E-state index contributed by atoms with van der Waals surface area (Å²) in [6.07, 6.45) is 0. The van der Waals surface area contributed by atoms with Crippen LogP contribution >= 0.6 is 0 Å². The summed E-state index contributed by atoms with van der Waals surface area (Å²) in [6, 6.07) is 4.92. The molecule has 0 aliphatic heterocycles. The maximum atomic E-state index is 11.8. The number of nitrogens with two attached hydrogens (primary N) is 1. The van der Waals surface area contributed by atoms with Gasteiger partial charge in [0.05, 0.1) is 5.56 Å². The third-order valence-electron chi connectivity index (χ3n) is 3.23. The van der Waals surface area contributed by atoms with E-state index in [9.17, 15) is 9.59 Å². The molecule has 0 saturated heterocycles. The van der Waals surface area contributed by atoms with E-state index in [1.54, 1.807) is 18.2 Å². The van der Waals surface area contributed by atoms with Gasteiger partial charge in [0, 0.05) is 11.7 Å². The van der Waals surface area contributed by atoms with Crippen LogP contribution in [-0.2, 0) is 9.53 Å². The van der Waals surface area contributed by atoms with Crippen molar-refractivity contribution in [1.29, 1.82) is 0 Å². The molecule has 1 aromatic rings. The molecular weight excluding hydrogens is 256 g/mol. The highest BCUT2D eigenvalue weighted by molar-refractivity contribution is 5.92. The maximum absolute atomic E-state index is 11.8. The van der Waals surface area contributed by atoms with E-state index in [4.69, 9.17) is 10.5 Å². The number of carbonyl (C=O) groups excluding carboxylic acids is 2. The average molecular weight is 278 g/mol. The van der Waals surface area contributed by atoms with E-state index in [1.165, 1.54) is 0 Å². The molecule has 20 heavy (non-hydrogen) atoms. The molecule has 3 N–H and O–H groups in total. The van der Waals surface area contributed by atoms with Crippen molar-refractivity contribution in [3.8, 4) is 0 Å². The molecule has 5 heteroatoms. The normalized spacial score (nSPS) is 12.1. The minimum atomic E-state index is -0.527. The lowest BCUT2D eigenvalue weighted by atomic mass is 10.1. The van der Waals surface area contributed by atoms with Crippen molar-refractivity contribution in [3.63, 3.8) is 0 Å². The van der Waals surface area contributed by atoms with Crippen LogP contribution in [0.2, 0.25) is 0 Å². The highest BCUT2D eigenvalue weighted by atomic mass is 16.5. The van der Waals surface area contributed by atoms with Gasteiger partial charge < -0.3 is 15.8 Å². The molecule has 5 nitrogen and oxygen atoms in total. The lowest BCUT2D eigenvalue weighted by Gasteiger charge is -2.17. The molecule has 1 rings (SSSR count). The Morgan fingerprint density at radius 1 is 1.30 bits per heavy atom. The van der Waals surface area contributed by atoms with Gasteiger partial charge in [-0.15, -0.1) is 0 Å². The number of nitrogens with one attached hydrogen (secondary N) is 1. The number of esters is 1. The zero-order chi connectivity index (χ0) is 15.3. The number of ether oxygens (including phenoxy) is 1. The van der Waals surface area contributed by atoms with Gasteiger partial charge in [-0.3, -0.25) is 4.79 Å². The summed E-state index contributed by atoms with van der Waals surface area (Å²) < 4.78 is 4.97. The van der Waals surface area contributed by atoms with Crippen LogP contribution in [0, 0.1) is 12.8 Å². The van der Waals surface area contributed by atoms with E-state index in [2.05, 4.69) is 5.32 Å². The Kier molecular flexibility index (Phi) is 5.55. The maximum Gasteiger partial charge on any atom is 0.338 e. The Morgan fingerprint density at radius 2 is 1.95 bits per heavy atom. The Hall–Kier alpha value is -2.04. The molecule has 0 bridgehead atoms. The number of carbonyl (C=O) groups is 2. The molecule has 110 valence electrons. The summed E-state index contributed by atoms with van der Waals surface area (Å²) in [6.45, 7) is 7.46. The summed E-state index contributed by atoms with van der Waals surface area (Å²) in [4.78, 5) is 23.4. The van der Waals surface area contributed by atoms with E-state index < -0.39 is 5.97 Å². The van der Waals surface area contributed by atoms with Gasteiger partial charge in [0.25, 0.3) is 5.91 Å². The van der Waals surface area contributed by atoms with Crippen LogP contribution in [0.4, 0.5) is 5.69 Å². The third-order valence-corrected chi connectivity index (χ3v) is 3.23. The predicted octanol–water partition coefficient (Wildman–Crippen LogP) is 1.89. The first kappa shape index (κ1) is 16.0. The van der Waals surface area contributed by atoms with Crippen LogP contribution in [0.25, 0.3) is 0 Å². The minimum absolute atomic E-state index is 0.0416. The molecule has 1 unspecified atom stereocenters. The van der Waals surface area contributed by atoms with Gasteiger partial charge in [0.1, 0.15) is 0 Å². The number of hydrogen-bond acceptors (Lipinski definition) is 4. The first-order valence-corrected chi connectivity index (χ1v) is 6.64. The molecule has 0 spiro atoms. The molecular formula is C15H22N2O3. The van der Waals surface area contributed by atoms with Gasteiger partial charge in [-0.05, 0) is 43.5 Å². The van der Waals surface area contributed by atoms with Gasteiger partial charge in [-0.1, -0.05) is 13.8 Å². The van der Waals surface area contributed by atoms with Crippen LogP contribution in [0.5, 0.6) is 0 Å². The first-order valence-electron chi connectivity index (χ1n) is 6.64. The van der Waals surface area contributed by atoms with E-state index in [0.717, 1.165) is 5.56 Å². The number of nitrogen functional groups attached to an aromatic ring is 1. The Bertz CT molecular complexity index is 498. The Balaban J connectivity index is 2.51. The summed E-state index contributed by atoms with van der Waals surface area (Å²) >= 11 is 0. The lowest BCUT2D eigenvalue weighted by Crippen LogP contribution is -2.38. The molecule has 0 saturated carbocycles. The number of anilines is 1. The van der Waals surface area contributed by atoms with Gasteiger partial charge >= 0.3 is 5.97 Å². The highest BCUT2D eigenvalue weighted by Gasteiger charge is 2.14. The van der Waals surface area contributed by atoms with Crippen LogP contribution in [0.3, 0.4) is 0 Å². The summed E-state index contributed by atoms with van der Waals surface area (Å²) in [5, 5.41) is 2.77. The van der Waals surface area contributed by atoms with E-state index in [-0.39, 0.29) is 18.6 Å². The number of amides is 1. The first-order chi connectivity index (χ1) is 9.31. The van der Waals surface area contributed by atoms with Crippen LogP contribution in [0.1, 0.15) is 36.7 Å². The van der Waals surface area contributed by atoms with Crippen molar-refractivity contribution in [2.24, 2.45) is 5.92 Å². The number of hydrogen-bond donors (Lipinski definition) is 2. The summed E-state index contributed by atoms with van der Waals surface area (Å²) in [7, 11) is 0.